The van der Waals surface area contributed by atoms with Crippen molar-refractivity contribution in [2.24, 2.45) is 5.92 Å². The second kappa shape index (κ2) is 2.35. The maximum absolute atomic E-state index is 10.5. The van der Waals surface area contributed by atoms with Crippen LogP contribution in [0.5, 0.6) is 0 Å². The van der Waals surface area contributed by atoms with Crippen molar-refractivity contribution < 1.29 is 14.3 Å². The molecule has 0 saturated heterocycles. The lowest BCUT2D eigenvalue weighted by molar-refractivity contribution is -0.137. The summed E-state index contributed by atoms with van der Waals surface area (Å²) in [6.07, 6.45) is 1.64. The molecular weight excluding hydrogens is 144 g/mol. The summed E-state index contributed by atoms with van der Waals surface area (Å²) in [5, 5.41) is 0. The topological polar surface area (TPSA) is 43.4 Å². The summed E-state index contributed by atoms with van der Waals surface area (Å²) in [6.45, 7) is 0. The van der Waals surface area contributed by atoms with E-state index in [2.05, 4.69) is 4.74 Å². The number of rotatable bonds is 1. The molecule has 1 aliphatic rings. The molecule has 0 aliphatic heterocycles. The van der Waals surface area contributed by atoms with Crippen LogP contribution in [-0.2, 0) is 9.53 Å². The van der Waals surface area contributed by atoms with Crippen molar-refractivity contribution >= 4 is 23.0 Å². The number of hydrogen-bond donors (Lipinski definition) is 0. The van der Waals surface area contributed by atoms with E-state index < -0.39 is 11.4 Å². The first kappa shape index (κ1) is 6.55. The van der Waals surface area contributed by atoms with Crippen LogP contribution < -0.4 is 0 Å². The normalized spacial score (nSPS) is 17.0. The highest BCUT2D eigenvalue weighted by Crippen LogP contribution is 2.30. The molecule has 0 bridgehead atoms. The Kier molecular flexibility index (Phi) is 1.71. The molecule has 4 heteroatoms. The molecule has 0 atom stereocenters. The zero-order chi connectivity index (χ0) is 6.85. The molecule has 1 saturated carbocycles. The molecule has 50 valence electrons. The van der Waals surface area contributed by atoms with Crippen LogP contribution in [0.15, 0.2) is 0 Å². The minimum atomic E-state index is -1.04. The lowest BCUT2D eigenvalue weighted by atomic mass is 10.4. The molecule has 0 aromatic heterocycles. The number of ether oxygens (including phenoxy) is 1. The summed E-state index contributed by atoms with van der Waals surface area (Å²) in [7, 11) is 0. The fourth-order valence-electron chi connectivity index (χ4n) is 0.481. The molecule has 3 nitrogen and oxygen atoms in total. The van der Waals surface area contributed by atoms with Crippen molar-refractivity contribution in [1.82, 2.24) is 0 Å². The Hall–Kier alpha value is -0.570. The van der Waals surface area contributed by atoms with Gasteiger partial charge in [0.05, 0.1) is 5.92 Å². The Morgan fingerprint density at radius 1 is 1.44 bits per heavy atom. The molecule has 0 unspecified atom stereocenters. The fraction of sp³-hybridized carbons (Fsp3) is 0.600. The minimum Gasteiger partial charge on any atom is -0.380 e. The van der Waals surface area contributed by atoms with E-state index in [1.54, 1.807) is 0 Å². The van der Waals surface area contributed by atoms with Gasteiger partial charge in [-0.3, -0.25) is 4.79 Å². The fourth-order valence-corrected chi connectivity index (χ4v) is 0.557. The number of carbonyl (C=O) groups is 2. The molecule has 0 heterocycles. The Bertz CT molecular complexity index is 150. The number of hydrogen-bond acceptors (Lipinski definition) is 3. The second-order valence-corrected chi connectivity index (χ2v) is 2.24. The van der Waals surface area contributed by atoms with Crippen LogP contribution in [0, 0.1) is 5.92 Å². The monoisotopic (exact) mass is 148 g/mol. The molecule has 9 heavy (non-hydrogen) atoms. The zero-order valence-corrected chi connectivity index (χ0v) is 5.35. The van der Waals surface area contributed by atoms with Crippen LogP contribution in [0.25, 0.3) is 0 Å². The van der Waals surface area contributed by atoms with Crippen molar-refractivity contribution in [3.05, 3.63) is 0 Å². The van der Waals surface area contributed by atoms with Crippen molar-refractivity contribution in [3.63, 3.8) is 0 Å². The zero-order valence-electron chi connectivity index (χ0n) is 4.59. The standard InChI is InChI=1S/C5H5ClO3/c6-5(8)9-4(7)3-1-2-3/h3H,1-2H2. The molecule has 0 N–H and O–H groups in total. The van der Waals surface area contributed by atoms with Gasteiger partial charge < -0.3 is 4.74 Å². The molecule has 1 aliphatic carbocycles. The van der Waals surface area contributed by atoms with Gasteiger partial charge in [0, 0.05) is 11.6 Å². The summed E-state index contributed by atoms with van der Waals surface area (Å²) >= 11 is 4.76. The third-order valence-electron chi connectivity index (χ3n) is 1.09. The average Bonchev–Trinajstić information content (AvgIpc) is 2.40. The van der Waals surface area contributed by atoms with Crippen LogP contribution >= 0.6 is 11.6 Å². The second-order valence-electron chi connectivity index (χ2n) is 1.93. The van der Waals surface area contributed by atoms with E-state index in [1.165, 1.54) is 0 Å². The van der Waals surface area contributed by atoms with E-state index in [9.17, 15) is 9.59 Å². The van der Waals surface area contributed by atoms with Gasteiger partial charge in [0.1, 0.15) is 0 Å². The molecule has 0 aromatic carbocycles. The first-order valence-electron chi connectivity index (χ1n) is 2.61. The Morgan fingerprint density at radius 3 is 2.33 bits per heavy atom. The molecule has 1 rings (SSSR count). The maximum Gasteiger partial charge on any atom is 0.411 e. The van der Waals surface area contributed by atoms with Crippen LogP contribution in [0.4, 0.5) is 4.79 Å². The van der Waals surface area contributed by atoms with Crippen molar-refractivity contribution in [1.29, 1.82) is 0 Å². The summed E-state index contributed by atoms with van der Waals surface area (Å²) < 4.78 is 4.06. The highest BCUT2D eigenvalue weighted by molar-refractivity contribution is 6.61. The summed E-state index contributed by atoms with van der Waals surface area (Å²) in [4.78, 5) is 20.4. The largest absolute Gasteiger partial charge is 0.411 e. The Labute approximate surface area is 56.9 Å². The van der Waals surface area contributed by atoms with Crippen LogP contribution in [-0.4, -0.2) is 11.4 Å². The van der Waals surface area contributed by atoms with E-state index in [-0.39, 0.29) is 5.92 Å². The number of esters is 1. The van der Waals surface area contributed by atoms with Crippen LogP contribution in [0.3, 0.4) is 0 Å². The van der Waals surface area contributed by atoms with Gasteiger partial charge in [0.2, 0.25) is 0 Å². The smallest absolute Gasteiger partial charge is 0.380 e. The third-order valence-corrected chi connectivity index (χ3v) is 1.17. The van der Waals surface area contributed by atoms with Gasteiger partial charge in [-0.15, -0.1) is 0 Å². The van der Waals surface area contributed by atoms with Crippen molar-refractivity contribution in [3.8, 4) is 0 Å². The molecule has 0 amide bonds. The third kappa shape index (κ3) is 2.01. The molecule has 0 radical (unpaired) electrons. The first-order chi connectivity index (χ1) is 4.20. The van der Waals surface area contributed by atoms with E-state index in [4.69, 9.17) is 11.6 Å². The molecule has 0 spiro atoms. The van der Waals surface area contributed by atoms with Gasteiger partial charge in [-0.05, 0) is 12.8 Å². The molecule has 1 fully saturated rings. The lowest BCUT2D eigenvalue weighted by Gasteiger charge is -1.91. The highest BCUT2D eigenvalue weighted by Gasteiger charge is 2.32. The average molecular weight is 149 g/mol. The van der Waals surface area contributed by atoms with Crippen molar-refractivity contribution in [2.45, 2.75) is 12.8 Å². The summed E-state index contributed by atoms with van der Waals surface area (Å²) in [5.74, 6) is -0.553. The van der Waals surface area contributed by atoms with Gasteiger partial charge in [-0.25, -0.2) is 4.79 Å². The number of halogens is 1. The van der Waals surface area contributed by atoms with Gasteiger partial charge >= 0.3 is 11.4 Å². The minimum absolute atomic E-state index is 0.0623. The van der Waals surface area contributed by atoms with E-state index in [0.717, 1.165) is 12.8 Å². The quantitative estimate of drug-likeness (QED) is 0.320. The predicted octanol–water partition coefficient (Wildman–Crippen LogP) is 1.30. The lowest BCUT2D eigenvalue weighted by Crippen LogP contribution is -2.07. The van der Waals surface area contributed by atoms with Crippen molar-refractivity contribution in [2.75, 3.05) is 0 Å². The predicted molar refractivity (Wildman–Crippen MR) is 30.1 cm³/mol. The first-order valence-corrected chi connectivity index (χ1v) is 2.99. The van der Waals surface area contributed by atoms with Gasteiger partial charge in [-0.1, -0.05) is 0 Å². The van der Waals surface area contributed by atoms with E-state index >= 15 is 0 Å². The maximum atomic E-state index is 10.5. The van der Waals surface area contributed by atoms with Gasteiger partial charge in [0.25, 0.3) is 0 Å². The van der Waals surface area contributed by atoms with Crippen LogP contribution in [0.2, 0.25) is 0 Å². The Balaban J connectivity index is 2.26. The molecular formula is C5H5ClO3. The van der Waals surface area contributed by atoms with E-state index in [1.807, 2.05) is 0 Å². The van der Waals surface area contributed by atoms with Crippen LogP contribution in [0.1, 0.15) is 12.8 Å². The Morgan fingerprint density at radius 2 is 2.00 bits per heavy atom. The van der Waals surface area contributed by atoms with Gasteiger partial charge in [0.15, 0.2) is 0 Å². The highest BCUT2D eigenvalue weighted by atomic mass is 35.5. The van der Waals surface area contributed by atoms with E-state index in [0.29, 0.717) is 0 Å². The molecule has 0 aromatic rings. The SMILES string of the molecule is O=C(Cl)OC(=O)C1CC1. The summed E-state index contributed by atoms with van der Waals surface area (Å²) in [6, 6.07) is 0. The number of carbonyl (C=O) groups excluding carboxylic acids is 2. The van der Waals surface area contributed by atoms with Gasteiger partial charge in [-0.2, -0.15) is 0 Å². The summed E-state index contributed by atoms with van der Waals surface area (Å²) in [5.41, 5.74) is -1.04.